The van der Waals surface area contributed by atoms with Gasteiger partial charge in [0, 0.05) is 18.8 Å². The van der Waals surface area contributed by atoms with Gasteiger partial charge in [-0.3, -0.25) is 0 Å². The van der Waals surface area contributed by atoms with E-state index in [0.717, 1.165) is 0 Å². The Bertz CT molecular complexity index is 1170. The number of ether oxygens (including phenoxy) is 2. The molecule has 156 valence electrons. The SMILES string of the molecule is COC(=O)c1ccc(S(=O)(=O)NCc2ccnc(Oc3ccc(F)cc3)c2)c(Cl)c1. The molecule has 3 rings (SSSR count). The maximum atomic E-state index is 13.0. The smallest absolute Gasteiger partial charge is 0.337 e. The van der Waals surface area contributed by atoms with E-state index in [2.05, 4.69) is 14.4 Å². The summed E-state index contributed by atoms with van der Waals surface area (Å²) in [6, 6.07) is 12.3. The van der Waals surface area contributed by atoms with Crippen molar-refractivity contribution < 1.29 is 27.1 Å². The summed E-state index contributed by atoms with van der Waals surface area (Å²) < 4.78 is 50.7. The van der Waals surface area contributed by atoms with Crippen LogP contribution < -0.4 is 9.46 Å². The molecule has 0 radical (unpaired) electrons. The van der Waals surface area contributed by atoms with Gasteiger partial charge in [-0.05, 0) is 54.1 Å². The molecule has 0 aliphatic heterocycles. The van der Waals surface area contributed by atoms with Crippen molar-refractivity contribution in [3.8, 4) is 11.6 Å². The molecule has 0 atom stereocenters. The van der Waals surface area contributed by atoms with Crippen molar-refractivity contribution in [2.75, 3.05) is 7.11 Å². The molecule has 0 unspecified atom stereocenters. The minimum Gasteiger partial charge on any atom is -0.465 e. The summed E-state index contributed by atoms with van der Waals surface area (Å²) in [4.78, 5) is 15.4. The quantitative estimate of drug-likeness (QED) is 0.548. The molecule has 10 heteroatoms. The molecule has 1 heterocycles. The first-order valence-corrected chi connectivity index (χ1v) is 10.4. The lowest BCUT2D eigenvalue weighted by Crippen LogP contribution is -2.23. The van der Waals surface area contributed by atoms with Crippen molar-refractivity contribution in [3.63, 3.8) is 0 Å². The maximum Gasteiger partial charge on any atom is 0.337 e. The van der Waals surface area contributed by atoms with Crippen LogP contribution in [-0.2, 0) is 21.3 Å². The third-order valence-corrected chi connectivity index (χ3v) is 5.83. The predicted octanol–water partition coefficient (Wildman–Crippen LogP) is 3.93. The zero-order chi connectivity index (χ0) is 21.7. The van der Waals surface area contributed by atoms with E-state index in [1.54, 1.807) is 12.1 Å². The Balaban J connectivity index is 1.71. The second kappa shape index (κ2) is 9.21. The van der Waals surface area contributed by atoms with Crippen molar-refractivity contribution in [2.45, 2.75) is 11.4 Å². The van der Waals surface area contributed by atoms with Gasteiger partial charge in [-0.1, -0.05) is 11.6 Å². The van der Waals surface area contributed by atoms with Gasteiger partial charge in [-0.2, -0.15) is 0 Å². The molecular weight excluding hydrogens is 435 g/mol. The number of esters is 1. The summed E-state index contributed by atoms with van der Waals surface area (Å²) in [7, 11) is -2.74. The monoisotopic (exact) mass is 450 g/mol. The van der Waals surface area contributed by atoms with E-state index in [1.165, 1.54) is 55.8 Å². The Morgan fingerprint density at radius 3 is 2.53 bits per heavy atom. The lowest BCUT2D eigenvalue weighted by molar-refractivity contribution is 0.0600. The first-order valence-electron chi connectivity index (χ1n) is 8.54. The standard InChI is InChI=1S/C20H16ClFN2O5S/c1-28-20(25)14-2-7-18(17(21)11-14)30(26,27)24-12-13-8-9-23-19(10-13)29-16-5-3-15(22)4-6-16/h2-11,24H,12H2,1H3. The summed E-state index contributed by atoms with van der Waals surface area (Å²) in [5, 5.41) is -0.111. The molecule has 0 spiro atoms. The van der Waals surface area contributed by atoms with E-state index in [4.69, 9.17) is 16.3 Å². The van der Waals surface area contributed by atoms with Gasteiger partial charge in [0.05, 0.1) is 17.7 Å². The normalized spacial score (nSPS) is 11.2. The van der Waals surface area contributed by atoms with Gasteiger partial charge < -0.3 is 9.47 Å². The topological polar surface area (TPSA) is 94.6 Å². The maximum absolute atomic E-state index is 13.0. The minimum absolute atomic E-state index is 0.0558. The van der Waals surface area contributed by atoms with Crippen LogP contribution in [0, 0.1) is 5.82 Å². The van der Waals surface area contributed by atoms with Crippen molar-refractivity contribution in [2.24, 2.45) is 0 Å². The number of hydrogen-bond acceptors (Lipinski definition) is 6. The number of carbonyl (C=O) groups excluding carboxylic acids is 1. The molecule has 1 aromatic heterocycles. The molecule has 0 bridgehead atoms. The number of benzene rings is 2. The molecule has 0 aliphatic rings. The van der Waals surface area contributed by atoms with Gasteiger partial charge in [-0.15, -0.1) is 0 Å². The highest BCUT2D eigenvalue weighted by Gasteiger charge is 2.19. The van der Waals surface area contributed by atoms with Crippen LogP contribution in [0.2, 0.25) is 5.02 Å². The number of nitrogens with one attached hydrogen (secondary N) is 1. The van der Waals surface area contributed by atoms with E-state index in [1.807, 2.05) is 0 Å². The van der Waals surface area contributed by atoms with E-state index in [0.29, 0.717) is 11.3 Å². The van der Waals surface area contributed by atoms with Gasteiger partial charge >= 0.3 is 5.97 Å². The van der Waals surface area contributed by atoms with Crippen molar-refractivity contribution >= 4 is 27.6 Å². The number of nitrogens with zero attached hydrogens (tertiary/aromatic N) is 1. The van der Waals surface area contributed by atoms with Gasteiger partial charge in [0.1, 0.15) is 16.5 Å². The molecule has 0 fully saturated rings. The largest absolute Gasteiger partial charge is 0.465 e. The molecule has 7 nitrogen and oxygen atoms in total. The van der Waals surface area contributed by atoms with Crippen LogP contribution in [0.1, 0.15) is 15.9 Å². The van der Waals surface area contributed by atoms with Crippen LogP contribution in [0.15, 0.2) is 65.7 Å². The van der Waals surface area contributed by atoms with Crippen LogP contribution in [0.25, 0.3) is 0 Å². The average molecular weight is 451 g/mol. The van der Waals surface area contributed by atoms with Crippen LogP contribution in [-0.4, -0.2) is 26.5 Å². The molecule has 0 saturated heterocycles. The molecule has 3 aromatic rings. The number of rotatable bonds is 7. The van der Waals surface area contributed by atoms with Gasteiger partial charge in [0.2, 0.25) is 15.9 Å². The zero-order valence-corrected chi connectivity index (χ0v) is 17.2. The fourth-order valence-corrected chi connectivity index (χ4v) is 4.02. The second-order valence-corrected chi connectivity index (χ2v) is 8.16. The molecule has 30 heavy (non-hydrogen) atoms. The lowest BCUT2D eigenvalue weighted by Gasteiger charge is -2.10. The van der Waals surface area contributed by atoms with Crippen LogP contribution in [0.4, 0.5) is 4.39 Å². The average Bonchev–Trinajstić information content (AvgIpc) is 2.73. The van der Waals surface area contributed by atoms with Gasteiger partial charge in [-0.25, -0.2) is 27.3 Å². The van der Waals surface area contributed by atoms with Crippen molar-refractivity contribution in [1.82, 2.24) is 9.71 Å². The molecule has 0 amide bonds. The Labute approximate surface area is 177 Å². The van der Waals surface area contributed by atoms with Crippen LogP contribution in [0.3, 0.4) is 0 Å². The molecule has 0 aliphatic carbocycles. The number of sulfonamides is 1. The van der Waals surface area contributed by atoms with Crippen LogP contribution >= 0.6 is 11.6 Å². The number of carbonyl (C=O) groups is 1. The highest BCUT2D eigenvalue weighted by Crippen LogP contribution is 2.24. The number of pyridine rings is 1. The predicted molar refractivity (Wildman–Crippen MR) is 108 cm³/mol. The van der Waals surface area contributed by atoms with E-state index < -0.39 is 21.8 Å². The number of halogens is 2. The van der Waals surface area contributed by atoms with E-state index >= 15 is 0 Å². The molecule has 0 saturated carbocycles. The highest BCUT2D eigenvalue weighted by atomic mass is 35.5. The molecule has 1 N–H and O–H groups in total. The van der Waals surface area contributed by atoms with E-state index in [9.17, 15) is 17.6 Å². The molecule has 2 aromatic carbocycles. The summed E-state index contributed by atoms with van der Waals surface area (Å²) in [6.45, 7) is -0.0558. The van der Waals surface area contributed by atoms with Crippen LogP contribution in [0.5, 0.6) is 11.6 Å². The summed E-state index contributed by atoms with van der Waals surface area (Å²) >= 11 is 6.04. The Hall–Kier alpha value is -3.01. The highest BCUT2D eigenvalue weighted by molar-refractivity contribution is 7.89. The lowest BCUT2D eigenvalue weighted by atomic mass is 10.2. The third kappa shape index (κ3) is 5.32. The third-order valence-electron chi connectivity index (χ3n) is 3.94. The summed E-state index contributed by atoms with van der Waals surface area (Å²) in [5.74, 6) is -0.408. The second-order valence-electron chi connectivity index (χ2n) is 6.02. The summed E-state index contributed by atoms with van der Waals surface area (Å²) in [5.41, 5.74) is 0.714. The Morgan fingerprint density at radius 1 is 1.13 bits per heavy atom. The minimum atomic E-state index is -3.95. The Kier molecular flexibility index (Phi) is 6.66. The zero-order valence-electron chi connectivity index (χ0n) is 15.6. The number of aromatic nitrogens is 1. The number of methoxy groups -OCH3 is 1. The van der Waals surface area contributed by atoms with Gasteiger partial charge in [0.15, 0.2) is 0 Å². The first kappa shape index (κ1) is 21.7. The van der Waals surface area contributed by atoms with E-state index in [-0.39, 0.29) is 27.9 Å². The fourth-order valence-electron chi connectivity index (χ4n) is 2.46. The fraction of sp³-hybridized carbons (Fsp3) is 0.100. The summed E-state index contributed by atoms with van der Waals surface area (Å²) in [6.07, 6.45) is 1.46. The van der Waals surface area contributed by atoms with Gasteiger partial charge in [0.25, 0.3) is 0 Å². The Morgan fingerprint density at radius 2 is 1.87 bits per heavy atom. The first-order chi connectivity index (χ1) is 14.3. The molecular formula is C20H16ClFN2O5S. The van der Waals surface area contributed by atoms with Crippen molar-refractivity contribution in [3.05, 3.63) is 82.8 Å². The number of hydrogen-bond donors (Lipinski definition) is 1. The van der Waals surface area contributed by atoms with Crippen molar-refractivity contribution in [1.29, 1.82) is 0 Å².